The van der Waals surface area contributed by atoms with E-state index < -0.39 is 11.8 Å². The van der Waals surface area contributed by atoms with E-state index in [2.05, 4.69) is 4.85 Å². The summed E-state index contributed by atoms with van der Waals surface area (Å²) >= 11 is 12.2. The third-order valence-corrected chi connectivity index (χ3v) is 6.42. The first-order valence-electron chi connectivity index (χ1n) is 10.1. The molecule has 2 atom stereocenters. The minimum atomic E-state index is -1.23. The first-order chi connectivity index (χ1) is 15.3. The second kappa shape index (κ2) is 8.48. The van der Waals surface area contributed by atoms with Gasteiger partial charge in [0.1, 0.15) is 5.54 Å². The molecule has 1 saturated heterocycles. The number of hydrogen-bond donors (Lipinski definition) is 1. The zero-order chi connectivity index (χ0) is 23.0. The van der Waals surface area contributed by atoms with Gasteiger partial charge in [0.05, 0.1) is 6.57 Å². The van der Waals surface area contributed by atoms with Gasteiger partial charge in [-0.2, -0.15) is 0 Å². The predicted molar refractivity (Wildman–Crippen MR) is 128 cm³/mol. The SMILES string of the molecule is [C-]#[N+]c1cccc(C2(C(C)C)C(O)N(c3ccc(Cl)cc3)C(=O)N2c2ccc(Cl)cc2)c1. The van der Waals surface area contributed by atoms with Crippen LogP contribution in [0, 0.1) is 12.5 Å². The summed E-state index contributed by atoms with van der Waals surface area (Å²) in [6.45, 7) is 11.4. The van der Waals surface area contributed by atoms with Crippen LogP contribution in [0.3, 0.4) is 0 Å². The molecule has 5 nitrogen and oxygen atoms in total. The van der Waals surface area contributed by atoms with Gasteiger partial charge in [0.25, 0.3) is 0 Å². The second-order valence-corrected chi connectivity index (χ2v) is 8.83. The smallest absolute Gasteiger partial charge is 0.332 e. The lowest BCUT2D eigenvalue weighted by molar-refractivity contribution is 0.0789. The van der Waals surface area contributed by atoms with Crippen molar-refractivity contribution in [3.05, 3.63) is 99.8 Å². The number of amides is 2. The zero-order valence-electron chi connectivity index (χ0n) is 17.5. The number of halogens is 2. The molecule has 1 heterocycles. The molecule has 1 N–H and O–H groups in total. The highest BCUT2D eigenvalue weighted by molar-refractivity contribution is 6.31. The molecule has 1 aliphatic rings. The molecule has 3 aromatic rings. The number of carbonyl (C=O) groups is 1. The molecule has 32 heavy (non-hydrogen) atoms. The van der Waals surface area contributed by atoms with Gasteiger partial charge in [0, 0.05) is 21.4 Å². The minimum absolute atomic E-state index is 0.213. The molecule has 0 aliphatic carbocycles. The topological polar surface area (TPSA) is 48.1 Å². The Morgan fingerprint density at radius 2 is 1.53 bits per heavy atom. The first kappa shape index (κ1) is 22.2. The highest BCUT2D eigenvalue weighted by Gasteiger charge is 2.60. The van der Waals surface area contributed by atoms with Gasteiger partial charge < -0.3 is 5.11 Å². The maximum atomic E-state index is 13.9. The zero-order valence-corrected chi connectivity index (χ0v) is 19.0. The van der Waals surface area contributed by atoms with Crippen LogP contribution in [0.4, 0.5) is 21.9 Å². The van der Waals surface area contributed by atoms with Crippen molar-refractivity contribution in [3.8, 4) is 0 Å². The number of urea groups is 1. The monoisotopic (exact) mass is 465 g/mol. The number of benzene rings is 3. The van der Waals surface area contributed by atoms with Gasteiger partial charge in [-0.05, 0) is 60.0 Å². The lowest BCUT2D eigenvalue weighted by atomic mass is 9.77. The number of rotatable bonds is 4. The van der Waals surface area contributed by atoms with Gasteiger partial charge in [-0.15, -0.1) is 0 Å². The number of carbonyl (C=O) groups excluding carboxylic acids is 1. The fraction of sp³-hybridized carbons (Fsp3) is 0.200. The fourth-order valence-corrected chi connectivity index (χ4v) is 4.69. The lowest BCUT2D eigenvalue weighted by Crippen LogP contribution is -2.53. The third-order valence-electron chi connectivity index (χ3n) is 5.91. The second-order valence-electron chi connectivity index (χ2n) is 7.96. The average Bonchev–Trinajstić information content (AvgIpc) is 3.02. The van der Waals surface area contributed by atoms with Crippen molar-refractivity contribution in [2.75, 3.05) is 9.80 Å². The van der Waals surface area contributed by atoms with Crippen LogP contribution in [0.25, 0.3) is 4.85 Å². The van der Waals surface area contributed by atoms with E-state index >= 15 is 0 Å². The molecule has 3 aromatic carbocycles. The van der Waals surface area contributed by atoms with Gasteiger partial charge >= 0.3 is 6.03 Å². The summed E-state index contributed by atoms with van der Waals surface area (Å²) < 4.78 is 0. The summed E-state index contributed by atoms with van der Waals surface area (Å²) in [6, 6.07) is 20.4. The quantitative estimate of drug-likeness (QED) is 0.427. The van der Waals surface area contributed by atoms with Crippen LogP contribution in [0.2, 0.25) is 10.0 Å². The van der Waals surface area contributed by atoms with E-state index in [9.17, 15) is 9.90 Å². The summed E-state index contributed by atoms with van der Waals surface area (Å²) in [5.74, 6) is -0.213. The van der Waals surface area contributed by atoms with Crippen molar-refractivity contribution in [2.24, 2.45) is 5.92 Å². The Labute approximate surface area is 197 Å². The number of nitrogens with zero attached hydrogens (tertiary/aromatic N) is 3. The van der Waals surface area contributed by atoms with E-state index in [0.717, 1.165) is 0 Å². The van der Waals surface area contributed by atoms with E-state index in [1.807, 2.05) is 19.9 Å². The molecule has 0 saturated carbocycles. The summed E-state index contributed by atoms with van der Waals surface area (Å²) in [6.07, 6.45) is -1.23. The molecule has 4 rings (SSSR count). The normalized spacial score (nSPS) is 20.7. The van der Waals surface area contributed by atoms with Crippen molar-refractivity contribution in [2.45, 2.75) is 25.6 Å². The van der Waals surface area contributed by atoms with Gasteiger partial charge in [-0.3, -0.25) is 9.80 Å². The molecule has 2 amide bonds. The van der Waals surface area contributed by atoms with Crippen molar-refractivity contribution < 1.29 is 9.90 Å². The van der Waals surface area contributed by atoms with Gasteiger partial charge in [-0.25, -0.2) is 9.64 Å². The maximum absolute atomic E-state index is 13.9. The molecule has 0 bridgehead atoms. The molecule has 0 aromatic heterocycles. The molecule has 0 radical (unpaired) electrons. The summed E-state index contributed by atoms with van der Waals surface area (Å²) in [4.78, 5) is 20.4. The van der Waals surface area contributed by atoms with Crippen LogP contribution in [0.15, 0.2) is 72.8 Å². The van der Waals surface area contributed by atoms with Crippen LogP contribution in [0.5, 0.6) is 0 Å². The molecule has 2 unspecified atom stereocenters. The molecular weight excluding hydrogens is 445 g/mol. The lowest BCUT2D eigenvalue weighted by Gasteiger charge is -2.43. The molecular formula is C25H21Cl2N3O2. The number of aliphatic hydroxyl groups is 1. The van der Waals surface area contributed by atoms with E-state index in [-0.39, 0.29) is 11.9 Å². The largest absolute Gasteiger partial charge is 0.370 e. The summed E-state index contributed by atoms with van der Waals surface area (Å²) in [5.41, 5.74) is 1.06. The summed E-state index contributed by atoms with van der Waals surface area (Å²) in [5, 5.41) is 12.9. The maximum Gasteiger partial charge on any atom is 0.332 e. The number of aliphatic hydroxyl groups excluding tert-OH is 1. The van der Waals surface area contributed by atoms with Crippen LogP contribution in [-0.2, 0) is 5.54 Å². The van der Waals surface area contributed by atoms with Gasteiger partial charge in [0.15, 0.2) is 11.9 Å². The van der Waals surface area contributed by atoms with Crippen LogP contribution < -0.4 is 9.80 Å². The highest BCUT2D eigenvalue weighted by Crippen LogP contribution is 2.50. The molecule has 1 fully saturated rings. The Bertz CT molecular complexity index is 1190. The van der Waals surface area contributed by atoms with Crippen LogP contribution >= 0.6 is 23.2 Å². The summed E-state index contributed by atoms with van der Waals surface area (Å²) in [7, 11) is 0. The Kier molecular flexibility index (Phi) is 5.87. The standard InChI is InChI=1S/C25H21Cl2N3O2/c1-16(2)25(17-5-4-6-20(15-17)28-3)23(31)29(21-11-7-18(26)8-12-21)24(32)30(25)22-13-9-19(27)10-14-22/h4-16,23,31H,1-2H3. The predicted octanol–water partition coefficient (Wildman–Crippen LogP) is 6.86. The number of anilines is 2. The fourth-order valence-electron chi connectivity index (χ4n) is 4.44. The van der Waals surface area contributed by atoms with E-state index in [4.69, 9.17) is 29.8 Å². The first-order valence-corrected chi connectivity index (χ1v) is 10.9. The molecule has 1 aliphatic heterocycles. The third kappa shape index (κ3) is 3.41. The van der Waals surface area contributed by atoms with E-state index in [1.54, 1.807) is 71.6 Å². The Morgan fingerprint density at radius 3 is 2.06 bits per heavy atom. The molecule has 0 spiro atoms. The van der Waals surface area contributed by atoms with Crippen molar-refractivity contribution >= 4 is 46.3 Å². The minimum Gasteiger partial charge on any atom is -0.370 e. The Balaban J connectivity index is 2.00. The Morgan fingerprint density at radius 1 is 0.969 bits per heavy atom. The Hall–Kier alpha value is -3.04. The van der Waals surface area contributed by atoms with Crippen LogP contribution in [0.1, 0.15) is 19.4 Å². The van der Waals surface area contributed by atoms with E-state index in [0.29, 0.717) is 32.7 Å². The van der Waals surface area contributed by atoms with E-state index in [1.165, 1.54) is 4.90 Å². The molecule has 7 heteroatoms. The van der Waals surface area contributed by atoms with Gasteiger partial charge in [-0.1, -0.05) is 61.3 Å². The van der Waals surface area contributed by atoms with Crippen molar-refractivity contribution in [1.82, 2.24) is 0 Å². The van der Waals surface area contributed by atoms with Crippen molar-refractivity contribution in [1.29, 1.82) is 0 Å². The number of hydrogen-bond acceptors (Lipinski definition) is 2. The van der Waals surface area contributed by atoms with Crippen molar-refractivity contribution in [3.63, 3.8) is 0 Å². The van der Waals surface area contributed by atoms with Gasteiger partial charge in [0.2, 0.25) is 0 Å². The highest BCUT2D eigenvalue weighted by atomic mass is 35.5. The van der Waals surface area contributed by atoms with Crippen LogP contribution in [-0.4, -0.2) is 17.4 Å². The molecule has 162 valence electrons. The average molecular weight is 466 g/mol.